The van der Waals surface area contributed by atoms with Gasteiger partial charge in [-0.1, -0.05) is 6.07 Å². The van der Waals surface area contributed by atoms with E-state index >= 15 is 0 Å². The zero-order valence-electron chi connectivity index (χ0n) is 9.53. The first-order chi connectivity index (χ1) is 7.77. The number of anilines is 1. The van der Waals surface area contributed by atoms with E-state index in [1.165, 1.54) is 16.3 Å². The van der Waals surface area contributed by atoms with Crippen molar-refractivity contribution in [1.82, 2.24) is 9.78 Å². The van der Waals surface area contributed by atoms with Crippen molar-refractivity contribution < 1.29 is 0 Å². The molecule has 16 heavy (non-hydrogen) atoms. The molecular formula is C12H15N3S. The molecule has 0 spiro atoms. The maximum absolute atomic E-state index is 4.65. The molecule has 0 aliphatic carbocycles. The van der Waals surface area contributed by atoms with Gasteiger partial charge in [0, 0.05) is 17.0 Å². The van der Waals surface area contributed by atoms with E-state index in [1.807, 2.05) is 11.3 Å². The molecule has 1 atom stereocenters. The van der Waals surface area contributed by atoms with Crippen molar-refractivity contribution in [2.45, 2.75) is 26.3 Å². The van der Waals surface area contributed by atoms with Gasteiger partial charge in [-0.3, -0.25) is 0 Å². The Balaban J connectivity index is 2.10. The highest BCUT2D eigenvalue weighted by atomic mass is 32.1. The van der Waals surface area contributed by atoms with Gasteiger partial charge in [0.15, 0.2) is 0 Å². The summed E-state index contributed by atoms with van der Waals surface area (Å²) in [7, 11) is 0. The van der Waals surface area contributed by atoms with E-state index in [-0.39, 0.29) is 0 Å². The predicted molar refractivity (Wildman–Crippen MR) is 67.3 cm³/mol. The van der Waals surface area contributed by atoms with E-state index in [9.17, 15) is 0 Å². The molecule has 1 unspecified atom stereocenters. The second kappa shape index (κ2) is 3.63. The Kier molecular flexibility index (Phi) is 2.24. The SMILES string of the molecule is Cc1nn2c(c1C)NCCC2c1cccs1. The highest BCUT2D eigenvalue weighted by Gasteiger charge is 2.25. The number of nitrogens with one attached hydrogen (secondary N) is 1. The first kappa shape index (κ1) is 9.90. The monoisotopic (exact) mass is 233 g/mol. The number of hydrogen-bond donors (Lipinski definition) is 1. The molecule has 2 aromatic rings. The highest BCUT2D eigenvalue weighted by Crippen LogP contribution is 2.34. The van der Waals surface area contributed by atoms with Crippen molar-refractivity contribution in [3.8, 4) is 0 Å². The van der Waals surface area contributed by atoms with Gasteiger partial charge in [-0.15, -0.1) is 11.3 Å². The van der Waals surface area contributed by atoms with Crippen molar-refractivity contribution in [3.05, 3.63) is 33.6 Å². The Hall–Kier alpha value is -1.29. The third-order valence-electron chi connectivity index (χ3n) is 3.26. The first-order valence-corrected chi connectivity index (χ1v) is 6.48. The summed E-state index contributed by atoms with van der Waals surface area (Å²) in [4.78, 5) is 1.41. The predicted octanol–water partition coefficient (Wildman–Crippen LogP) is 2.97. The molecule has 3 heterocycles. The summed E-state index contributed by atoms with van der Waals surface area (Å²) in [5, 5.41) is 10.2. The number of rotatable bonds is 1. The fourth-order valence-corrected chi connectivity index (χ4v) is 3.11. The summed E-state index contributed by atoms with van der Waals surface area (Å²) in [6, 6.07) is 4.74. The van der Waals surface area contributed by atoms with Gasteiger partial charge in [0.2, 0.25) is 0 Å². The normalized spacial score (nSPS) is 19.2. The summed E-state index contributed by atoms with van der Waals surface area (Å²) in [5.74, 6) is 1.20. The van der Waals surface area contributed by atoms with Crippen molar-refractivity contribution in [2.24, 2.45) is 0 Å². The van der Waals surface area contributed by atoms with Gasteiger partial charge in [0.25, 0.3) is 0 Å². The Labute approximate surface area is 99.1 Å². The number of fused-ring (bicyclic) bond motifs is 1. The minimum atomic E-state index is 0.420. The van der Waals surface area contributed by atoms with E-state index in [2.05, 4.69) is 46.5 Å². The van der Waals surface area contributed by atoms with E-state index in [0.717, 1.165) is 18.7 Å². The molecule has 0 fully saturated rings. The minimum Gasteiger partial charge on any atom is -0.370 e. The fourth-order valence-electron chi connectivity index (χ4n) is 2.26. The van der Waals surface area contributed by atoms with E-state index in [1.54, 1.807) is 0 Å². The van der Waals surface area contributed by atoms with Crippen molar-refractivity contribution >= 4 is 17.2 Å². The summed E-state index contributed by atoms with van der Waals surface area (Å²) >= 11 is 1.82. The highest BCUT2D eigenvalue weighted by molar-refractivity contribution is 7.10. The second-order valence-corrected chi connectivity index (χ2v) is 5.23. The third kappa shape index (κ3) is 1.37. The molecule has 1 N–H and O–H groups in total. The van der Waals surface area contributed by atoms with E-state index < -0.39 is 0 Å². The number of hydrogen-bond acceptors (Lipinski definition) is 3. The standard InChI is InChI=1S/C12H15N3S/c1-8-9(2)14-15-10(5-6-13-12(8)15)11-4-3-7-16-11/h3-4,7,10,13H,5-6H2,1-2H3. The molecule has 3 nitrogen and oxygen atoms in total. The number of thiophene rings is 1. The van der Waals surface area contributed by atoms with Crippen LogP contribution in [0.3, 0.4) is 0 Å². The maximum atomic E-state index is 4.65. The van der Waals surface area contributed by atoms with Crippen LogP contribution in [0.5, 0.6) is 0 Å². The Morgan fingerprint density at radius 1 is 1.50 bits per heavy atom. The van der Waals surface area contributed by atoms with Gasteiger partial charge in [-0.25, -0.2) is 4.68 Å². The van der Waals surface area contributed by atoms with Gasteiger partial charge in [0.1, 0.15) is 5.82 Å². The Morgan fingerprint density at radius 3 is 3.12 bits per heavy atom. The molecule has 1 aliphatic rings. The average molecular weight is 233 g/mol. The van der Waals surface area contributed by atoms with Gasteiger partial charge < -0.3 is 5.32 Å². The fraction of sp³-hybridized carbons (Fsp3) is 0.417. The van der Waals surface area contributed by atoms with Crippen molar-refractivity contribution in [2.75, 3.05) is 11.9 Å². The molecule has 0 radical (unpaired) electrons. The lowest BCUT2D eigenvalue weighted by Crippen LogP contribution is -2.24. The summed E-state index contributed by atoms with van der Waals surface area (Å²) in [5.41, 5.74) is 2.41. The molecular weight excluding hydrogens is 218 g/mol. The summed E-state index contributed by atoms with van der Waals surface area (Å²) in [6.45, 7) is 5.25. The van der Waals surface area contributed by atoms with Crippen LogP contribution in [-0.4, -0.2) is 16.3 Å². The topological polar surface area (TPSA) is 29.9 Å². The third-order valence-corrected chi connectivity index (χ3v) is 4.24. The van der Waals surface area contributed by atoms with Crippen LogP contribution in [-0.2, 0) is 0 Å². The molecule has 0 aromatic carbocycles. The second-order valence-electron chi connectivity index (χ2n) is 4.25. The molecule has 2 aromatic heterocycles. The lowest BCUT2D eigenvalue weighted by Gasteiger charge is -2.25. The Morgan fingerprint density at radius 2 is 2.38 bits per heavy atom. The molecule has 0 amide bonds. The zero-order valence-corrected chi connectivity index (χ0v) is 10.3. The van der Waals surface area contributed by atoms with Crippen LogP contribution in [0.2, 0.25) is 0 Å². The number of aryl methyl sites for hydroxylation is 1. The quantitative estimate of drug-likeness (QED) is 0.820. The average Bonchev–Trinajstić information content (AvgIpc) is 2.89. The lowest BCUT2D eigenvalue weighted by molar-refractivity contribution is 0.486. The van der Waals surface area contributed by atoms with Crippen molar-refractivity contribution in [1.29, 1.82) is 0 Å². The van der Waals surface area contributed by atoms with Gasteiger partial charge >= 0.3 is 0 Å². The summed E-state index contributed by atoms with van der Waals surface area (Å²) in [6.07, 6.45) is 1.12. The van der Waals surface area contributed by atoms with Crippen LogP contribution in [0.4, 0.5) is 5.82 Å². The molecule has 0 saturated heterocycles. The largest absolute Gasteiger partial charge is 0.370 e. The maximum Gasteiger partial charge on any atom is 0.128 e. The molecule has 4 heteroatoms. The van der Waals surface area contributed by atoms with Crippen LogP contribution in [0.25, 0.3) is 0 Å². The zero-order chi connectivity index (χ0) is 11.1. The minimum absolute atomic E-state index is 0.420. The number of aromatic nitrogens is 2. The van der Waals surface area contributed by atoms with Gasteiger partial charge in [-0.05, 0) is 31.7 Å². The van der Waals surface area contributed by atoms with Crippen LogP contribution >= 0.6 is 11.3 Å². The van der Waals surface area contributed by atoms with Crippen LogP contribution < -0.4 is 5.32 Å². The first-order valence-electron chi connectivity index (χ1n) is 5.60. The Bertz CT molecular complexity index is 499. The van der Waals surface area contributed by atoms with Crippen LogP contribution in [0.15, 0.2) is 17.5 Å². The summed E-state index contributed by atoms with van der Waals surface area (Å²) < 4.78 is 2.15. The molecule has 0 saturated carbocycles. The number of nitrogens with zero attached hydrogens (tertiary/aromatic N) is 2. The van der Waals surface area contributed by atoms with Gasteiger partial charge in [-0.2, -0.15) is 5.10 Å². The van der Waals surface area contributed by atoms with E-state index in [0.29, 0.717) is 6.04 Å². The smallest absolute Gasteiger partial charge is 0.128 e. The molecule has 3 rings (SSSR count). The van der Waals surface area contributed by atoms with Crippen LogP contribution in [0.1, 0.15) is 28.6 Å². The van der Waals surface area contributed by atoms with E-state index in [4.69, 9.17) is 0 Å². The lowest BCUT2D eigenvalue weighted by atomic mass is 10.1. The van der Waals surface area contributed by atoms with Gasteiger partial charge in [0.05, 0.1) is 11.7 Å². The van der Waals surface area contributed by atoms with Crippen molar-refractivity contribution in [3.63, 3.8) is 0 Å². The molecule has 1 aliphatic heterocycles. The molecule has 0 bridgehead atoms. The van der Waals surface area contributed by atoms with Crippen LogP contribution in [0, 0.1) is 13.8 Å². The molecule has 84 valence electrons.